The topological polar surface area (TPSA) is 37.5 Å². The van der Waals surface area contributed by atoms with Crippen molar-refractivity contribution in [3.05, 3.63) is 81.8 Å². The number of pyridine rings is 1. The largest absolute Gasteiger partial charge is 0.387 e. The van der Waals surface area contributed by atoms with E-state index in [-0.39, 0.29) is 0 Å². The lowest BCUT2D eigenvalue weighted by molar-refractivity contribution is 0.181. The number of hydrogen-bond acceptors (Lipinski definition) is 3. The van der Waals surface area contributed by atoms with Gasteiger partial charge in [0.25, 0.3) is 0 Å². The molecule has 0 fully saturated rings. The predicted molar refractivity (Wildman–Crippen MR) is 98.6 cm³/mol. The van der Waals surface area contributed by atoms with Crippen LogP contribution in [0.4, 0.5) is 0 Å². The standard InChI is InChI=1S/C19H15ClN2OS/c20-14-8-9-18-21-19(13-5-2-1-3-6-13)15(22(18)12-14)11-16(23)17-7-4-10-24-17/h1-10,12,16,23H,11H2. The van der Waals surface area contributed by atoms with Gasteiger partial charge in [-0.3, -0.25) is 0 Å². The van der Waals surface area contributed by atoms with E-state index < -0.39 is 6.10 Å². The van der Waals surface area contributed by atoms with Gasteiger partial charge in [-0.15, -0.1) is 11.3 Å². The van der Waals surface area contributed by atoms with Crippen LogP contribution < -0.4 is 0 Å². The molecule has 3 aromatic heterocycles. The lowest BCUT2D eigenvalue weighted by Crippen LogP contribution is -2.04. The Bertz CT molecular complexity index is 964. The SMILES string of the molecule is OC(Cc1c(-c2ccccc2)nc2ccc(Cl)cn12)c1cccs1. The van der Waals surface area contributed by atoms with Gasteiger partial charge < -0.3 is 9.51 Å². The van der Waals surface area contributed by atoms with Gasteiger partial charge in [-0.25, -0.2) is 4.98 Å². The van der Waals surface area contributed by atoms with Gasteiger partial charge in [0.1, 0.15) is 5.65 Å². The highest BCUT2D eigenvalue weighted by atomic mass is 35.5. The van der Waals surface area contributed by atoms with E-state index in [2.05, 4.69) is 0 Å². The van der Waals surface area contributed by atoms with Crippen molar-refractivity contribution in [1.82, 2.24) is 9.38 Å². The van der Waals surface area contributed by atoms with Gasteiger partial charge in [0, 0.05) is 23.1 Å². The Kier molecular flexibility index (Phi) is 4.10. The number of nitrogens with zero attached hydrogens (tertiary/aromatic N) is 2. The zero-order valence-corrected chi connectivity index (χ0v) is 14.3. The molecule has 1 N–H and O–H groups in total. The van der Waals surface area contributed by atoms with Crippen LogP contribution in [-0.2, 0) is 6.42 Å². The summed E-state index contributed by atoms with van der Waals surface area (Å²) in [6, 6.07) is 17.7. The molecule has 4 rings (SSSR count). The number of fused-ring (bicyclic) bond motifs is 1. The van der Waals surface area contributed by atoms with Crippen molar-refractivity contribution in [3.63, 3.8) is 0 Å². The quantitative estimate of drug-likeness (QED) is 0.560. The summed E-state index contributed by atoms with van der Waals surface area (Å²) in [6.45, 7) is 0. The maximum Gasteiger partial charge on any atom is 0.137 e. The zero-order chi connectivity index (χ0) is 16.5. The molecule has 0 aliphatic rings. The first kappa shape index (κ1) is 15.4. The third kappa shape index (κ3) is 2.84. The summed E-state index contributed by atoms with van der Waals surface area (Å²) >= 11 is 7.73. The van der Waals surface area contributed by atoms with Crippen LogP contribution in [0, 0.1) is 0 Å². The van der Waals surface area contributed by atoms with Crippen LogP contribution in [0.15, 0.2) is 66.2 Å². The summed E-state index contributed by atoms with van der Waals surface area (Å²) in [5.41, 5.74) is 3.70. The molecule has 1 atom stereocenters. The number of benzene rings is 1. The molecule has 1 unspecified atom stereocenters. The molecule has 0 bridgehead atoms. The van der Waals surface area contributed by atoms with E-state index in [1.54, 1.807) is 11.3 Å². The van der Waals surface area contributed by atoms with E-state index in [1.165, 1.54) is 0 Å². The predicted octanol–water partition coefficient (Wildman–Crippen LogP) is 4.99. The minimum atomic E-state index is -0.564. The monoisotopic (exact) mass is 354 g/mol. The van der Waals surface area contributed by atoms with Crippen molar-refractivity contribution in [1.29, 1.82) is 0 Å². The minimum Gasteiger partial charge on any atom is -0.387 e. The Morgan fingerprint density at radius 1 is 1.08 bits per heavy atom. The fourth-order valence-corrected chi connectivity index (χ4v) is 3.73. The minimum absolute atomic E-state index is 0.478. The molecule has 3 heterocycles. The van der Waals surface area contributed by atoms with E-state index in [9.17, 15) is 5.11 Å². The first-order chi connectivity index (χ1) is 11.7. The lowest BCUT2D eigenvalue weighted by Gasteiger charge is -2.11. The molecule has 3 nitrogen and oxygen atoms in total. The number of rotatable bonds is 4. The maximum atomic E-state index is 10.6. The van der Waals surface area contributed by atoms with Crippen LogP contribution in [0.2, 0.25) is 5.02 Å². The van der Waals surface area contributed by atoms with Crippen molar-refractivity contribution in [2.24, 2.45) is 0 Å². The molecular weight excluding hydrogens is 340 g/mol. The van der Waals surface area contributed by atoms with Gasteiger partial charge in [0.05, 0.1) is 22.5 Å². The first-order valence-electron chi connectivity index (χ1n) is 7.66. The Balaban J connectivity index is 1.86. The van der Waals surface area contributed by atoms with Crippen LogP contribution in [0.5, 0.6) is 0 Å². The van der Waals surface area contributed by atoms with Crippen molar-refractivity contribution in [2.75, 3.05) is 0 Å². The van der Waals surface area contributed by atoms with Crippen LogP contribution >= 0.6 is 22.9 Å². The molecule has 1 aromatic carbocycles. The molecule has 5 heteroatoms. The van der Waals surface area contributed by atoms with E-state index >= 15 is 0 Å². The lowest BCUT2D eigenvalue weighted by atomic mass is 10.1. The van der Waals surface area contributed by atoms with Gasteiger partial charge in [-0.05, 0) is 23.6 Å². The number of imidazole rings is 1. The second kappa shape index (κ2) is 6.40. The Hall–Kier alpha value is -2.14. The fourth-order valence-electron chi connectivity index (χ4n) is 2.85. The van der Waals surface area contributed by atoms with E-state index in [1.807, 2.05) is 70.6 Å². The van der Waals surface area contributed by atoms with Crippen LogP contribution in [0.1, 0.15) is 16.7 Å². The highest BCUT2D eigenvalue weighted by Crippen LogP contribution is 2.30. The Morgan fingerprint density at radius 2 is 1.92 bits per heavy atom. The van der Waals surface area contributed by atoms with Crippen molar-refractivity contribution >= 4 is 28.6 Å². The number of hydrogen-bond donors (Lipinski definition) is 1. The van der Waals surface area contributed by atoms with Gasteiger partial charge in [0.15, 0.2) is 0 Å². The average Bonchev–Trinajstić information content (AvgIpc) is 3.24. The molecule has 0 saturated heterocycles. The molecular formula is C19H15ClN2OS. The van der Waals surface area contributed by atoms with E-state index in [0.29, 0.717) is 11.4 Å². The third-order valence-corrected chi connectivity index (χ3v) is 5.18. The second-order valence-electron chi connectivity index (χ2n) is 5.58. The van der Waals surface area contributed by atoms with Gasteiger partial charge in [-0.2, -0.15) is 0 Å². The summed E-state index contributed by atoms with van der Waals surface area (Å²) < 4.78 is 1.97. The normalized spacial score (nSPS) is 12.6. The van der Waals surface area contributed by atoms with Crippen LogP contribution in [0.3, 0.4) is 0 Å². The van der Waals surface area contributed by atoms with E-state index in [4.69, 9.17) is 16.6 Å². The molecule has 0 radical (unpaired) electrons. The van der Waals surface area contributed by atoms with E-state index in [0.717, 1.165) is 27.5 Å². The first-order valence-corrected chi connectivity index (χ1v) is 8.91. The number of aliphatic hydroxyl groups excluding tert-OH is 1. The van der Waals surface area contributed by atoms with Gasteiger partial charge in [-0.1, -0.05) is 48.0 Å². The van der Waals surface area contributed by atoms with Crippen molar-refractivity contribution < 1.29 is 5.11 Å². The maximum absolute atomic E-state index is 10.6. The second-order valence-corrected chi connectivity index (χ2v) is 7.00. The fraction of sp³-hybridized carbons (Fsp3) is 0.105. The number of aliphatic hydroxyl groups is 1. The number of thiophene rings is 1. The van der Waals surface area contributed by atoms with Gasteiger partial charge >= 0.3 is 0 Å². The molecule has 4 aromatic rings. The number of aromatic nitrogens is 2. The van der Waals surface area contributed by atoms with Crippen molar-refractivity contribution in [2.45, 2.75) is 12.5 Å². The summed E-state index contributed by atoms with van der Waals surface area (Å²) in [7, 11) is 0. The highest BCUT2D eigenvalue weighted by molar-refractivity contribution is 7.10. The highest BCUT2D eigenvalue weighted by Gasteiger charge is 2.19. The summed E-state index contributed by atoms with van der Waals surface area (Å²) in [6.07, 6.45) is 1.77. The molecule has 0 spiro atoms. The van der Waals surface area contributed by atoms with Crippen molar-refractivity contribution in [3.8, 4) is 11.3 Å². The van der Waals surface area contributed by atoms with Crippen LogP contribution in [-0.4, -0.2) is 14.5 Å². The molecule has 0 saturated carbocycles. The third-order valence-electron chi connectivity index (χ3n) is 3.99. The summed E-state index contributed by atoms with van der Waals surface area (Å²) in [5, 5.41) is 13.2. The molecule has 24 heavy (non-hydrogen) atoms. The zero-order valence-electron chi connectivity index (χ0n) is 12.8. The summed E-state index contributed by atoms with van der Waals surface area (Å²) in [4.78, 5) is 5.71. The number of halogens is 1. The average molecular weight is 355 g/mol. The van der Waals surface area contributed by atoms with Crippen LogP contribution in [0.25, 0.3) is 16.9 Å². The molecule has 0 aliphatic heterocycles. The Labute approximate surface area is 148 Å². The van der Waals surface area contributed by atoms with Gasteiger partial charge in [0.2, 0.25) is 0 Å². The summed E-state index contributed by atoms with van der Waals surface area (Å²) in [5.74, 6) is 0. The Morgan fingerprint density at radius 3 is 2.67 bits per heavy atom. The molecule has 0 amide bonds. The smallest absolute Gasteiger partial charge is 0.137 e. The molecule has 0 aliphatic carbocycles. The molecule has 120 valence electrons.